The van der Waals surface area contributed by atoms with E-state index in [-0.39, 0.29) is 11.7 Å². The normalized spacial score (nSPS) is 15.7. The van der Waals surface area contributed by atoms with E-state index in [0.29, 0.717) is 24.2 Å². The molecule has 1 amide bonds. The predicted molar refractivity (Wildman–Crippen MR) is 98.9 cm³/mol. The Morgan fingerprint density at radius 3 is 2.20 bits per heavy atom. The number of carbonyl (C=O) groups excluding carboxylic acids is 1. The predicted octanol–water partition coefficient (Wildman–Crippen LogP) is 3.25. The van der Waals surface area contributed by atoms with E-state index in [1.54, 1.807) is 28.6 Å². The number of sulfonamides is 1. The van der Waals surface area contributed by atoms with Gasteiger partial charge in [-0.3, -0.25) is 4.79 Å². The van der Waals surface area contributed by atoms with E-state index in [4.69, 9.17) is 0 Å². The molecule has 0 aromatic heterocycles. The third-order valence-corrected chi connectivity index (χ3v) is 6.16. The number of piperidine rings is 1. The lowest BCUT2D eigenvalue weighted by molar-refractivity contribution is 0.102. The van der Waals surface area contributed by atoms with E-state index >= 15 is 0 Å². The van der Waals surface area contributed by atoms with Crippen molar-refractivity contribution in [2.24, 2.45) is 0 Å². The lowest BCUT2D eigenvalue weighted by Crippen LogP contribution is -2.36. The molecular weight excluding hydrogens is 336 g/mol. The molecule has 1 aliphatic rings. The smallest absolute Gasteiger partial charge is 0.255 e. The summed E-state index contributed by atoms with van der Waals surface area (Å²) in [5, 5.41) is 2.81. The van der Waals surface area contributed by atoms with Crippen molar-refractivity contribution in [2.75, 3.05) is 18.4 Å². The standard InChI is InChI=1S/C19H22N2O3S/c22-19(20-18-7-3-1-4-8-18)17-11-9-16(10-12-17)15-25(23,24)21-13-5-2-6-14-21/h1,3-4,7-12H,2,5-6,13-15H2,(H,20,22). The quantitative estimate of drug-likeness (QED) is 0.892. The van der Waals surface area contributed by atoms with Gasteiger partial charge >= 0.3 is 0 Å². The molecule has 5 nitrogen and oxygen atoms in total. The van der Waals surface area contributed by atoms with Crippen LogP contribution < -0.4 is 5.32 Å². The summed E-state index contributed by atoms with van der Waals surface area (Å²) in [4.78, 5) is 12.2. The van der Waals surface area contributed by atoms with Gasteiger partial charge < -0.3 is 5.32 Å². The maximum Gasteiger partial charge on any atom is 0.255 e. The number of para-hydroxylation sites is 1. The van der Waals surface area contributed by atoms with Crippen LogP contribution in [-0.2, 0) is 15.8 Å². The van der Waals surface area contributed by atoms with Crippen molar-refractivity contribution in [3.8, 4) is 0 Å². The zero-order valence-electron chi connectivity index (χ0n) is 14.0. The highest BCUT2D eigenvalue weighted by atomic mass is 32.2. The molecule has 1 heterocycles. The molecule has 0 atom stereocenters. The van der Waals surface area contributed by atoms with Crippen LogP contribution in [0.2, 0.25) is 0 Å². The average Bonchev–Trinajstić information content (AvgIpc) is 2.63. The average molecular weight is 358 g/mol. The fraction of sp³-hybridized carbons (Fsp3) is 0.316. The topological polar surface area (TPSA) is 66.5 Å². The Hall–Kier alpha value is -2.18. The number of carbonyl (C=O) groups is 1. The van der Waals surface area contributed by atoms with Crippen molar-refractivity contribution in [3.05, 3.63) is 65.7 Å². The molecule has 6 heteroatoms. The Kier molecular flexibility index (Phi) is 5.50. The summed E-state index contributed by atoms with van der Waals surface area (Å²) >= 11 is 0. The summed E-state index contributed by atoms with van der Waals surface area (Å²) < 4.78 is 26.5. The molecule has 0 unspecified atom stereocenters. The molecule has 0 saturated carbocycles. The number of hydrogen-bond donors (Lipinski definition) is 1. The van der Waals surface area contributed by atoms with Crippen molar-refractivity contribution in [1.82, 2.24) is 4.31 Å². The van der Waals surface area contributed by atoms with E-state index in [1.165, 1.54) is 0 Å². The SMILES string of the molecule is O=C(Nc1ccccc1)c1ccc(CS(=O)(=O)N2CCCCC2)cc1. The van der Waals surface area contributed by atoms with Crippen molar-refractivity contribution in [2.45, 2.75) is 25.0 Å². The van der Waals surface area contributed by atoms with Crippen molar-refractivity contribution >= 4 is 21.6 Å². The van der Waals surface area contributed by atoms with E-state index in [0.717, 1.165) is 24.9 Å². The Balaban J connectivity index is 1.64. The second-order valence-electron chi connectivity index (χ2n) is 6.23. The monoisotopic (exact) mass is 358 g/mol. The minimum absolute atomic E-state index is 0.0203. The maximum absolute atomic E-state index is 12.5. The first-order valence-electron chi connectivity index (χ1n) is 8.48. The van der Waals surface area contributed by atoms with Crippen LogP contribution in [-0.4, -0.2) is 31.7 Å². The molecule has 1 N–H and O–H groups in total. The molecule has 25 heavy (non-hydrogen) atoms. The van der Waals surface area contributed by atoms with Crippen LogP contribution in [0.3, 0.4) is 0 Å². The van der Waals surface area contributed by atoms with Gasteiger partial charge in [-0.15, -0.1) is 0 Å². The maximum atomic E-state index is 12.5. The highest BCUT2D eigenvalue weighted by Gasteiger charge is 2.24. The molecule has 0 bridgehead atoms. The van der Waals surface area contributed by atoms with Crippen molar-refractivity contribution in [1.29, 1.82) is 0 Å². The van der Waals surface area contributed by atoms with Crippen molar-refractivity contribution in [3.63, 3.8) is 0 Å². The first-order valence-corrected chi connectivity index (χ1v) is 10.1. The first-order chi connectivity index (χ1) is 12.0. The second-order valence-corrected chi connectivity index (χ2v) is 8.20. The zero-order chi connectivity index (χ0) is 17.7. The number of amides is 1. The highest BCUT2D eigenvalue weighted by Crippen LogP contribution is 2.18. The van der Waals surface area contributed by atoms with E-state index in [1.807, 2.05) is 30.3 Å². The first kappa shape index (κ1) is 17.6. The minimum Gasteiger partial charge on any atom is -0.322 e. The third-order valence-electron chi connectivity index (χ3n) is 4.31. The second kappa shape index (κ2) is 7.80. The molecule has 132 valence electrons. The van der Waals surface area contributed by atoms with Crippen LogP contribution in [0.25, 0.3) is 0 Å². The van der Waals surface area contributed by atoms with Crippen LogP contribution in [0.5, 0.6) is 0 Å². The van der Waals surface area contributed by atoms with E-state index in [9.17, 15) is 13.2 Å². The number of nitrogens with zero attached hydrogens (tertiary/aromatic N) is 1. The van der Waals surface area contributed by atoms with Crippen LogP contribution in [0.4, 0.5) is 5.69 Å². The Bertz CT molecular complexity index is 812. The van der Waals surface area contributed by atoms with Crippen molar-refractivity contribution < 1.29 is 13.2 Å². The molecule has 3 rings (SSSR count). The van der Waals surface area contributed by atoms with Gasteiger partial charge in [0.1, 0.15) is 0 Å². The van der Waals surface area contributed by atoms with Gasteiger partial charge in [0.05, 0.1) is 5.75 Å². The van der Waals surface area contributed by atoms with Crippen LogP contribution in [0, 0.1) is 0 Å². The van der Waals surface area contributed by atoms with Gasteiger partial charge in [-0.1, -0.05) is 36.8 Å². The van der Waals surface area contributed by atoms with E-state index < -0.39 is 10.0 Å². The molecule has 0 radical (unpaired) electrons. The molecule has 2 aromatic carbocycles. The minimum atomic E-state index is -3.29. The van der Waals surface area contributed by atoms with Crippen LogP contribution in [0.15, 0.2) is 54.6 Å². The van der Waals surface area contributed by atoms with Crippen LogP contribution in [0.1, 0.15) is 35.2 Å². The summed E-state index contributed by atoms with van der Waals surface area (Å²) in [7, 11) is -3.29. The summed E-state index contributed by atoms with van der Waals surface area (Å²) in [6.45, 7) is 1.22. The Morgan fingerprint density at radius 1 is 0.920 bits per heavy atom. The number of anilines is 1. The molecule has 1 aliphatic heterocycles. The summed E-state index contributed by atoms with van der Waals surface area (Å²) in [5.41, 5.74) is 1.93. The molecule has 1 fully saturated rings. The third kappa shape index (κ3) is 4.67. The zero-order valence-corrected chi connectivity index (χ0v) is 14.8. The largest absolute Gasteiger partial charge is 0.322 e. The molecule has 2 aromatic rings. The fourth-order valence-corrected chi connectivity index (χ4v) is 4.53. The lowest BCUT2D eigenvalue weighted by atomic mass is 10.1. The number of hydrogen-bond acceptors (Lipinski definition) is 3. The summed E-state index contributed by atoms with van der Waals surface area (Å²) in [5.74, 6) is -0.232. The Labute approximate surface area is 148 Å². The Morgan fingerprint density at radius 2 is 1.56 bits per heavy atom. The van der Waals surface area contributed by atoms with Gasteiger partial charge in [0.15, 0.2) is 0 Å². The summed E-state index contributed by atoms with van der Waals surface area (Å²) in [6, 6.07) is 16.0. The lowest BCUT2D eigenvalue weighted by Gasteiger charge is -2.25. The summed E-state index contributed by atoms with van der Waals surface area (Å²) in [6.07, 6.45) is 2.95. The van der Waals surface area contributed by atoms with Crippen LogP contribution >= 0.6 is 0 Å². The number of benzene rings is 2. The molecule has 0 spiro atoms. The fourth-order valence-electron chi connectivity index (χ4n) is 2.92. The van der Waals surface area contributed by atoms with Gasteiger partial charge in [-0.2, -0.15) is 0 Å². The van der Waals surface area contributed by atoms with E-state index in [2.05, 4.69) is 5.32 Å². The highest BCUT2D eigenvalue weighted by molar-refractivity contribution is 7.88. The molecule has 1 saturated heterocycles. The molecule has 0 aliphatic carbocycles. The van der Waals surface area contributed by atoms with Gasteiger partial charge in [0.25, 0.3) is 5.91 Å². The number of rotatable bonds is 5. The van der Waals surface area contributed by atoms with Gasteiger partial charge in [-0.05, 0) is 42.7 Å². The number of nitrogens with one attached hydrogen (secondary N) is 1. The van der Waals surface area contributed by atoms with Gasteiger partial charge in [0, 0.05) is 24.3 Å². The van der Waals surface area contributed by atoms with Gasteiger partial charge in [-0.25, -0.2) is 12.7 Å². The van der Waals surface area contributed by atoms with Gasteiger partial charge in [0.2, 0.25) is 10.0 Å². The molecular formula is C19H22N2O3S.